The Kier molecular flexibility index (Phi) is 3.25. The van der Waals surface area contributed by atoms with E-state index < -0.39 is 0 Å². The highest BCUT2D eigenvalue weighted by Crippen LogP contribution is 2.37. The first-order chi connectivity index (χ1) is 9.30. The highest BCUT2D eigenvalue weighted by atomic mass is 16.7. The van der Waals surface area contributed by atoms with Gasteiger partial charge in [-0.25, -0.2) is 0 Å². The average Bonchev–Trinajstić information content (AvgIpc) is 2.98. The molecule has 0 radical (unpaired) electrons. The molecular formula is C15H25BN2O2. The summed E-state index contributed by atoms with van der Waals surface area (Å²) in [4.78, 5) is 0. The number of rotatable bonds is 2. The molecule has 0 spiro atoms. The fourth-order valence-corrected chi connectivity index (χ4v) is 3.15. The van der Waals surface area contributed by atoms with Gasteiger partial charge in [0.25, 0.3) is 0 Å². The van der Waals surface area contributed by atoms with Crippen LogP contribution in [0.25, 0.3) is 0 Å². The summed E-state index contributed by atoms with van der Waals surface area (Å²) >= 11 is 0. The third-order valence-electron chi connectivity index (χ3n) is 5.30. The minimum atomic E-state index is -0.301. The van der Waals surface area contributed by atoms with E-state index in [0.717, 1.165) is 5.46 Å². The Bertz CT molecular complexity index is 482. The van der Waals surface area contributed by atoms with Crippen LogP contribution in [-0.2, 0) is 9.31 Å². The molecule has 110 valence electrons. The van der Waals surface area contributed by atoms with Crippen molar-refractivity contribution in [2.24, 2.45) is 5.92 Å². The van der Waals surface area contributed by atoms with Crippen molar-refractivity contribution in [3.05, 3.63) is 12.4 Å². The van der Waals surface area contributed by atoms with Crippen LogP contribution >= 0.6 is 0 Å². The Hall–Kier alpha value is -0.805. The highest BCUT2D eigenvalue weighted by molar-refractivity contribution is 6.61. The molecule has 1 aromatic heterocycles. The summed E-state index contributed by atoms with van der Waals surface area (Å²) in [6.07, 6.45) is 7.83. The van der Waals surface area contributed by atoms with Gasteiger partial charge in [0.05, 0.1) is 17.2 Å². The Morgan fingerprint density at radius 3 is 2.40 bits per heavy atom. The van der Waals surface area contributed by atoms with E-state index in [4.69, 9.17) is 9.31 Å². The van der Waals surface area contributed by atoms with Gasteiger partial charge >= 0.3 is 7.12 Å². The van der Waals surface area contributed by atoms with E-state index in [-0.39, 0.29) is 18.3 Å². The quantitative estimate of drug-likeness (QED) is 0.779. The number of hydrogen-bond acceptors (Lipinski definition) is 3. The lowest BCUT2D eigenvalue weighted by atomic mass is 9.82. The summed E-state index contributed by atoms with van der Waals surface area (Å²) in [5, 5.41) is 4.55. The minimum Gasteiger partial charge on any atom is -0.399 e. The first-order valence-corrected chi connectivity index (χ1v) is 7.70. The number of hydrogen-bond donors (Lipinski definition) is 0. The highest BCUT2D eigenvalue weighted by Gasteiger charge is 2.52. The van der Waals surface area contributed by atoms with Crippen LogP contribution in [0.1, 0.15) is 59.9 Å². The molecule has 0 amide bonds. The van der Waals surface area contributed by atoms with Crippen LogP contribution in [0.5, 0.6) is 0 Å². The summed E-state index contributed by atoms with van der Waals surface area (Å²) < 4.78 is 14.3. The summed E-state index contributed by atoms with van der Waals surface area (Å²) in [6, 6.07) is 0.533. The van der Waals surface area contributed by atoms with Gasteiger partial charge in [0, 0.05) is 17.9 Å². The van der Waals surface area contributed by atoms with Crippen LogP contribution in [0.3, 0.4) is 0 Å². The smallest absolute Gasteiger partial charge is 0.399 e. The molecule has 5 heteroatoms. The standard InChI is InChI=1S/C15H25BN2O2/c1-11-7-6-8-13(11)18-10-12(9-17-18)16-19-14(2,3)15(4,5)20-16/h9-11,13H,6-8H2,1-5H3/t11-,13?/m0/s1. The summed E-state index contributed by atoms with van der Waals surface area (Å²) in [5.74, 6) is 0.709. The van der Waals surface area contributed by atoms with Crippen LogP contribution < -0.4 is 5.46 Å². The lowest BCUT2D eigenvalue weighted by Crippen LogP contribution is -2.41. The van der Waals surface area contributed by atoms with Crippen molar-refractivity contribution >= 4 is 12.6 Å². The molecule has 2 fully saturated rings. The number of aromatic nitrogens is 2. The molecule has 2 heterocycles. The summed E-state index contributed by atoms with van der Waals surface area (Å²) in [7, 11) is -0.301. The molecular weight excluding hydrogens is 251 g/mol. The largest absolute Gasteiger partial charge is 0.498 e. The fraction of sp³-hybridized carbons (Fsp3) is 0.800. The van der Waals surface area contributed by atoms with Gasteiger partial charge in [-0.2, -0.15) is 5.10 Å². The second kappa shape index (κ2) is 4.60. The van der Waals surface area contributed by atoms with Gasteiger partial charge in [-0.1, -0.05) is 13.3 Å². The first-order valence-electron chi connectivity index (χ1n) is 7.70. The van der Waals surface area contributed by atoms with Crippen LogP contribution in [0.4, 0.5) is 0 Å². The SMILES string of the molecule is C[C@H]1CCCC1n1cc(B2OC(C)(C)C(C)(C)O2)cn1. The van der Waals surface area contributed by atoms with Crippen LogP contribution in [-0.4, -0.2) is 28.1 Å². The molecule has 0 aromatic carbocycles. The molecule has 1 saturated heterocycles. The second-order valence-corrected chi connectivity index (χ2v) is 7.32. The van der Waals surface area contributed by atoms with Crippen LogP contribution in [0.15, 0.2) is 12.4 Å². The van der Waals surface area contributed by atoms with Gasteiger partial charge in [0.1, 0.15) is 0 Å². The van der Waals surface area contributed by atoms with Crippen molar-refractivity contribution < 1.29 is 9.31 Å². The normalized spacial score (nSPS) is 31.9. The van der Waals surface area contributed by atoms with E-state index in [9.17, 15) is 0 Å². The van der Waals surface area contributed by atoms with Crippen LogP contribution in [0, 0.1) is 5.92 Å². The molecule has 2 atom stereocenters. The van der Waals surface area contributed by atoms with Gasteiger partial charge in [-0.05, 0) is 46.5 Å². The zero-order chi connectivity index (χ0) is 14.5. The lowest BCUT2D eigenvalue weighted by molar-refractivity contribution is 0.00578. The summed E-state index contributed by atoms with van der Waals surface area (Å²) in [5.41, 5.74) is 0.448. The lowest BCUT2D eigenvalue weighted by Gasteiger charge is -2.32. The maximum absolute atomic E-state index is 6.08. The third-order valence-corrected chi connectivity index (χ3v) is 5.30. The summed E-state index contributed by atoms with van der Waals surface area (Å²) in [6.45, 7) is 10.6. The molecule has 1 aliphatic heterocycles. The van der Waals surface area contributed by atoms with Crippen molar-refractivity contribution in [3.63, 3.8) is 0 Å². The maximum atomic E-state index is 6.08. The predicted molar refractivity (Wildman–Crippen MR) is 80.0 cm³/mol. The van der Waals surface area contributed by atoms with Gasteiger partial charge in [0.2, 0.25) is 0 Å². The van der Waals surface area contributed by atoms with Gasteiger partial charge in [-0.3, -0.25) is 4.68 Å². The molecule has 3 rings (SSSR count). The average molecular weight is 276 g/mol. The molecule has 4 nitrogen and oxygen atoms in total. The predicted octanol–water partition coefficient (Wildman–Crippen LogP) is 2.54. The maximum Gasteiger partial charge on any atom is 0.498 e. The molecule has 1 aromatic rings. The third kappa shape index (κ3) is 2.21. The van der Waals surface area contributed by atoms with Gasteiger partial charge in [-0.15, -0.1) is 0 Å². The molecule has 1 saturated carbocycles. The Labute approximate surface area is 122 Å². The fourth-order valence-electron chi connectivity index (χ4n) is 3.15. The van der Waals surface area contributed by atoms with Crippen LogP contribution in [0.2, 0.25) is 0 Å². The molecule has 2 aliphatic rings. The van der Waals surface area contributed by atoms with E-state index in [2.05, 4.69) is 50.6 Å². The Morgan fingerprint density at radius 1 is 1.20 bits per heavy atom. The Balaban J connectivity index is 1.78. The zero-order valence-electron chi connectivity index (χ0n) is 13.2. The van der Waals surface area contributed by atoms with Crippen molar-refractivity contribution in [1.82, 2.24) is 9.78 Å². The van der Waals surface area contributed by atoms with Crippen molar-refractivity contribution in [3.8, 4) is 0 Å². The van der Waals surface area contributed by atoms with E-state index in [0.29, 0.717) is 12.0 Å². The molecule has 1 unspecified atom stereocenters. The topological polar surface area (TPSA) is 36.3 Å². The Morgan fingerprint density at radius 2 is 1.85 bits per heavy atom. The molecule has 0 bridgehead atoms. The molecule has 1 aliphatic carbocycles. The van der Waals surface area contributed by atoms with Gasteiger partial charge in [0.15, 0.2) is 0 Å². The first kappa shape index (κ1) is 14.1. The van der Waals surface area contributed by atoms with Crippen molar-refractivity contribution in [2.45, 2.75) is 71.1 Å². The van der Waals surface area contributed by atoms with Crippen molar-refractivity contribution in [1.29, 1.82) is 0 Å². The van der Waals surface area contributed by atoms with E-state index >= 15 is 0 Å². The van der Waals surface area contributed by atoms with Crippen molar-refractivity contribution in [2.75, 3.05) is 0 Å². The van der Waals surface area contributed by atoms with E-state index in [1.54, 1.807) is 0 Å². The number of nitrogens with zero attached hydrogens (tertiary/aromatic N) is 2. The molecule has 20 heavy (non-hydrogen) atoms. The zero-order valence-corrected chi connectivity index (χ0v) is 13.2. The van der Waals surface area contributed by atoms with Gasteiger partial charge < -0.3 is 9.31 Å². The second-order valence-electron chi connectivity index (χ2n) is 7.32. The minimum absolute atomic E-state index is 0.291. The van der Waals surface area contributed by atoms with E-state index in [1.807, 2.05) is 6.20 Å². The molecule has 0 N–H and O–H groups in total. The van der Waals surface area contributed by atoms with E-state index in [1.165, 1.54) is 19.3 Å². The monoisotopic (exact) mass is 276 g/mol.